The summed E-state index contributed by atoms with van der Waals surface area (Å²) < 4.78 is 0. The van der Waals surface area contributed by atoms with Gasteiger partial charge in [0.25, 0.3) is 0 Å². The van der Waals surface area contributed by atoms with Crippen LogP contribution in [0.25, 0.3) is 0 Å². The first-order valence-electron chi connectivity index (χ1n) is 8.09. The van der Waals surface area contributed by atoms with Gasteiger partial charge in [-0.05, 0) is 23.1 Å². The van der Waals surface area contributed by atoms with Gasteiger partial charge in [-0.1, -0.05) is 54.6 Å². The maximum atomic E-state index is 9.77. The summed E-state index contributed by atoms with van der Waals surface area (Å²) in [5, 5.41) is 36.1. The Hall–Kier alpha value is -2.74. The number of rotatable bonds is 4. The first kappa shape index (κ1) is 19.6. The molecule has 0 radical (unpaired) electrons. The molecule has 1 aliphatic heterocycles. The molecule has 5 N–H and O–H groups in total. The minimum Gasteiger partial charge on any atom is -0.479 e. The molecular formula is C19H21NO6. The summed E-state index contributed by atoms with van der Waals surface area (Å²) in [6.45, 7) is 1.07. The van der Waals surface area contributed by atoms with E-state index in [2.05, 4.69) is 59.9 Å². The lowest BCUT2D eigenvalue weighted by molar-refractivity contribution is -0.165. The topological polar surface area (TPSA) is 127 Å². The minimum absolute atomic E-state index is 0.367. The molecule has 0 spiro atoms. The van der Waals surface area contributed by atoms with Crippen molar-refractivity contribution in [1.29, 1.82) is 0 Å². The maximum absolute atomic E-state index is 9.77. The van der Waals surface area contributed by atoms with E-state index in [1.54, 1.807) is 0 Å². The van der Waals surface area contributed by atoms with E-state index in [4.69, 9.17) is 20.4 Å². The van der Waals surface area contributed by atoms with Gasteiger partial charge in [0.1, 0.15) is 0 Å². The van der Waals surface area contributed by atoms with Crippen molar-refractivity contribution in [3.63, 3.8) is 0 Å². The van der Waals surface area contributed by atoms with Crippen LogP contribution in [0, 0.1) is 0 Å². The Kier molecular flexibility index (Phi) is 6.85. The van der Waals surface area contributed by atoms with Crippen molar-refractivity contribution < 1.29 is 30.0 Å². The van der Waals surface area contributed by atoms with Gasteiger partial charge in [-0.15, -0.1) is 0 Å². The Morgan fingerprint density at radius 2 is 1.42 bits per heavy atom. The van der Waals surface area contributed by atoms with Gasteiger partial charge < -0.3 is 25.7 Å². The van der Waals surface area contributed by atoms with Crippen LogP contribution in [0.15, 0.2) is 54.6 Å². The molecule has 0 saturated carbocycles. The van der Waals surface area contributed by atoms with E-state index in [0.717, 1.165) is 13.0 Å². The molecule has 0 aromatic heterocycles. The summed E-state index contributed by atoms with van der Waals surface area (Å²) in [5.41, 5.74) is 4.27. The molecule has 0 aliphatic carbocycles. The van der Waals surface area contributed by atoms with Gasteiger partial charge in [-0.3, -0.25) is 0 Å². The van der Waals surface area contributed by atoms with Crippen molar-refractivity contribution in [3.05, 3.63) is 71.3 Å². The van der Waals surface area contributed by atoms with Crippen LogP contribution in [-0.4, -0.2) is 51.1 Å². The van der Waals surface area contributed by atoms with Gasteiger partial charge in [-0.25, -0.2) is 9.59 Å². The van der Waals surface area contributed by atoms with Crippen molar-refractivity contribution >= 4 is 11.9 Å². The van der Waals surface area contributed by atoms with Crippen molar-refractivity contribution in [1.82, 2.24) is 5.32 Å². The first-order chi connectivity index (χ1) is 12.4. The molecule has 2 aromatic rings. The summed E-state index contributed by atoms with van der Waals surface area (Å²) in [6, 6.07) is 19.8. The van der Waals surface area contributed by atoms with Crippen LogP contribution in [0.4, 0.5) is 0 Å². The Morgan fingerprint density at radius 3 is 2.00 bits per heavy atom. The van der Waals surface area contributed by atoms with Crippen molar-refractivity contribution in [2.75, 3.05) is 6.54 Å². The maximum Gasteiger partial charge on any atom is 0.335 e. The van der Waals surface area contributed by atoms with Gasteiger partial charge in [0, 0.05) is 6.54 Å². The molecule has 0 fully saturated rings. The lowest BCUT2D eigenvalue weighted by Gasteiger charge is -2.27. The van der Waals surface area contributed by atoms with Crippen molar-refractivity contribution in [2.45, 2.75) is 24.7 Å². The highest BCUT2D eigenvalue weighted by Crippen LogP contribution is 2.28. The van der Waals surface area contributed by atoms with E-state index in [-0.39, 0.29) is 0 Å². The number of carbonyl (C=O) groups is 2. The third-order valence-corrected chi connectivity index (χ3v) is 4.05. The highest BCUT2D eigenvalue weighted by atomic mass is 16.4. The summed E-state index contributed by atoms with van der Waals surface area (Å²) in [6.07, 6.45) is -3.39. The first-order valence-corrected chi connectivity index (χ1v) is 8.09. The second-order valence-corrected chi connectivity index (χ2v) is 5.81. The highest BCUT2D eigenvalue weighted by molar-refractivity contribution is 5.83. The Balaban J connectivity index is 0.000000213. The SMILES string of the molecule is O=C(O)C(O)C(O)C(=O)O.c1ccc([C@@H]2NCCc3ccccc32)cc1. The molecule has 7 heteroatoms. The van der Waals surface area contributed by atoms with E-state index < -0.39 is 24.1 Å². The number of nitrogens with one attached hydrogen (secondary N) is 1. The second-order valence-electron chi connectivity index (χ2n) is 5.81. The molecule has 0 bridgehead atoms. The third-order valence-electron chi connectivity index (χ3n) is 4.05. The zero-order valence-electron chi connectivity index (χ0n) is 13.9. The van der Waals surface area contributed by atoms with Crippen LogP contribution >= 0.6 is 0 Å². The van der Waals surface area contributed by atoms with Crippen LogP contribution in [0.2, 0.25) is 0 Å². The van der Waals surface area contributed by atoms with Crippen LogP contribution in [0.3, 0.4) is 0 Å². The number of aliphatic hydroxyl groups is 2. The Labute approximate surface area is 150 Å². The fraction of sp³-hybridized carbons (Fsp3) is 0.263. The standard InChI is InChI=1S/C15H15N.C4H6O6/c1-2-7-13(8-3-1)15-14-9-5-4-6-12(14)10-11-16-15;5-1(3(7)8)2(6)4(9)10/h1-9,15-16H,10-11H2;1-2,5-6H,(H,7,8)(H,9,10)/t15-;/m0./s1. The average Bonchev–Trinajstić information content (AvgIpc) is 2.67. The molecule has 2 unspecified atom stereocenters. The van der Waals surface area contributed by atoms with E-state index in [1.165, 1.54) is 16.7 Å². The van der Waals surface area contributed by atoms with Gasteiger partial charge in [0.2, 0.25) is 0 Å². The molecule has 138 valence electrons. The number of hydrogen-bond acceptors (Lipinski definition) is 5. The third kappa shape index (κ3) is 4.89. The van der Waals surface area contributed by atoms with E-state index in [1.807, 2.05) is 0 Å². The molecule has 7 nitrogen and oxygen atoms in total. The molecule has 2 aromatic carbocycles. The van der Waals surface area contributed by atoms with Gasteiger partial charge in [0.15, 0.2) is 12.2 Å². The smallest absolute Gasteiger partial charge is 0.335 e. The lowest BCUT2D eigenvalue weighted by atomic mass is 9.90. The minimum atomic E-state index is -2.27. The summed E-state index contributed by atoms with van der Waals surface area (Å²) in [4.78, 5) is 19.5. The van der Waals surface area contributed by atoms with E-state index in [9.17, 15) is 9.59 Å². The van der Waals surface area contributed by atoms with Crippen LogP contribution < -0.4 is 5.32 Å². The largest absolute Gasteiger partial charge is 0.479 e. The second kappa shape index (κ2) is 9.10. The molecule has 1 aliphatic rings. The van der Waals surface area contributed by atoms with Crippen LogP contribution in [-0.2, 0) is 16.0 Å². The van der Waals surface area contributed by atoms with Crippen molar-refractivity contribution in [2.24, 2.45) is 0 Å². The average molecular weight is 359 g/mol. The number of carboxylic acid groups (broad SMARTS) is 2. The van der Waals surface area contributed by atoms with Gasteiger partial charge >= 0.3 is 11.9 Å². The Morgan fingerprint density at radius 1 is 0.885 bits per heavy atom. The monoisotopic (exact) mass is 359 g/mol. The fourth-order valence-corrected chi connectivity index (χ4v) is 2.72. The number of aliphatic carboxylic acids is 2. The predicted octanol–water partition coefficient (Wildman–Crippen LogP) is 0.799. The van der Waals surface area contributed by atoms with Gasteiger partial charge in [-0.2, -0.15) is 0 Å². The summed E-state index contributed by atoms with van der Waals surface area (Å²) in [5.74, 6) is -3.54. The lowest BCUT2D eigenvalue weighted by Crippen LogP contribution is -2.39. The normalized spacial score (nSPS) is 17.8. The number of fused-ring (bicyclic) bond motifs is 1. The molecule has 3 rings (SSSR count). The van der Waals surface area contributed by atoms with E-state index >= 15 is 0 Å². The molecule has 0 amide bonds. The number of carboxylic acids is 2. The predicted molar refractivity (Wildman–Crippen MR) is 93.7 cm³/mol. The molecular weight excluding hydrogens is 338 g/mol. The van der Waals surface area contributed by atoms with Crippen LogP contribution in [0.1, 0.15) is 22.7 Å². The number of aliphatic hydroxyl groups excluding tert-OH is 2. The summed E-state index contributed by atoms with van der Waals surface area (Å²) in [7, 11) is 0. The fourth-order valence-electron chi connectivity index (χ4n) is 2.72. The molecule has 3 atom stereocenters. The van der Waals surface area contributed by atoms with Crippen molar-refractivity contribution in [3.8, 4) is 0 Å². The number of hydrogen-bond donors (Lipinski definition) is 5. The summed E-state index contributed by atoms with van der Waals surface area (Å²) >= 11 is 0. The molecule has 1 heterocycles. The molecule has 26 heavy (non-hydrogen) atoms. The van der Waals surface area contributed by atoms with Crippen LogP contribution in [0.5, 0.6) is 0 Å². The number of benzene rings is 2. The molecule has 0 saturated heterocycles. The van der Waals surface area contributed by atoms with E-state index in [0.29, 0.717) is 6.04 Å². The Bertz CT molecular complexity index is 731. The van der Waals surface area contributed by atoms with Gasteiger partial charge in [0.05, 0.1) is 6.04 Å². The quantitative estimate of drug-likeness (QED) is 0.546. The zero-order valence-corrected chi connectivity index (χ0v) is 13.9. The zero-order chi connectivity index (χ0) is 19.1. The highest BCUT2D eigenvalue weighted by Gasteiger charge is 2.29.